The third-order valence-electron chi connectivity index (χ3n) is 6.72. The summed E-state index contributed by atoms with van der Waals surface area (Å²) < 4.78 is 5.20. The predicted molar refractivity (Wildman–Crippen MR) is 150 cm³/mol. The molecule has 1 aliphatic carbocycles. The number of rotatable bonds is 7. The summed E-state index contributed by atoms with van der Waals surface area (Å²) in [6.45, 7) is 2.02. The molecule has 1 aliphatic rings. The van der Waals surface area contributed by atoms with Gasteiger partial charge in [-0.15, -0.1) is 0 Å². The van der Waals surface area contributed by atoms with Gasteiger partial charge in [-0.1, -0.05) is 24.5 Å². The Balaban J connectivity index is 1.45. The molecule has 5 rings (SSSR count). The summed E-state index contributed by atoms with van der Waals surface area (Å²) in [6.07, 6.45) is 7.41. The van der Waals surface area contributed by atoms with Gasteiger partial charge in [-0.3, -0.25) is 14.8 Å². The number of aliphatic imine (C=N–C) groups is 1. The van der Waals surface area contributed by atoms with Crippen molar-refractivity contribution < 1.29 is 9.53 Å². The number of amides is 1. The van der Waals surface area contributed by atoms with Gasteiger partial charge in [-0.05, 0) is 68.3 Å². The fourth-order valence-electron chi connectivity index (χ4n) is 4.69. The topological polar surface area (TPSA) is 127 Å². The number of methoxy groups -OCH3 is 1. The Bertz CT molecular complexity index is 1460. The summed E-state index contributed by atoms with van der Waals surface area (Å²) in [6, 6.07) is 16.8. The number of benzene rings is 2. The van der Waals surface area contributed by atoms with Gasteiger partial charge >= 0.3 is 0 Å². The van der Waals surface area contributed by atoms with Gasteiger partial charge in [0.05, 0.1) is 18.7 Å². The molecule has 1 saturated carbocycles. The van der Waals surface area contributed by atoms with Gasteiger partial charge in [0.15, 0.2) is 0 Å². The van der Waals surface area contributed by atoms with Crippen molar-refractivity contribution in [2.45, 2.75) is 44.7 Å². The number of ether oxygens (including phenoxy) is 1. The lowest BCUT2D eigenvalue weighted by atomic mass is 9.90. The molecular formula is C29H31N7O2. The second-order valence-electron chi connectivity index (χ2n) is 9.46. The van der Waals surface area contributed by atoms with E-state index in [-0.39, 0.29) is 23.8 Å². The first kappa shape index (κ1) is 25.1. The zero-order valence-corrected chi connectivity index (χ0v) is 21.5. The number of nitrogens with zero attached hydrogens (tertiary/aromatic N) is 4. The first-order valence-corrected chi connectivity index (χ1v) is 12.7. The van der Waals surface area contributed by atoms with E-state index in [0.717, 1.165) is 42.2 Å². The van der Waals surface area contributed by atoms with Crippen LogP contribution in [0.2, 0.25) is 0 Å². The normalized spacial score (nSPS) is 17.7. The molecule has 0 bridgehead atoms. The molecule has 0 spiro atoms. The van der Waals surface area contributed by atoms with Gasteiger partial charge in [-0.2, -0.15) is 0 Å². The summed E-state index contributed by atoms with van der Waals surface area (Å²) in [5.41, 5.74) is 9.55. The van der Waals surface area contributed by atoms with Crippen molar-refractivity contribution in [2.24, 2.45) is 10.7 Å². The highest BCUT2D eigenvalue weighted by atomic mass is 16.5. The lowest BCUT2D eigenvalue weighted by Crippen LogP contribution is -2.37. The van der Waals surface area contributed by atoms with Crippen molar-refractivity contribution in [1.29, 1.82) is 0 Å². The monoisotopic (exact) mass is 509 g/mol. The van der Waals surface area contributed by atoms with Crippen LogP contribution in [0.5, 0.6) is 5.75 Å². The van der Waals surface area contributed by atoms with Gasteiger partial charge in [0.25, 0.3) is 5.91 Å². The summed E-state index contributed by atoms with van der Waals surface area (Å²) in [7, 11) is 1.60. The van der Waals surface area contributed by atoms with Crippen LogP contribution in [-0.4, -0.2) is 45.9 Å². The molecule has 9 nitrogen and oxygen atoms in total. The van der Waals surface area contributed by atoms with Crippen molar-refractivity contribution >= 4 is 34.2 Å². The number of aryl methyl sites for hydroxylation is 1. The van der Waals surface area contributed by atoms with E-state index in [1.807, 2.05) is 37.3 Å². The van der Waals surface area contributed by atoms with E-state index in [9.17, 15) is 4.79 Å². The van der Waals surface area contributed by atoms with Crippen LogP contribution in [0.4, 0.5) is 11.5 Å². The zero-order valence-electron chi connectivity index (χ0n) is 21.5. The lowest BCUT2D eigenvalue weighted by molar-refractivity contribution is 0.101. The van der Waals surface area contributed by atoms with Crippen LogP contribution < -0.4 is 21.1 Å². The number of nitrogens with one attached hydrogen (secondary N) is 2. The number of pyridine rings is 1. The van der Waals surface area contributed by atoms with E-state index in [4.69, 9.17) is 15.5 Å². The highest BCUT2D eigenvalue weighted by molar-refractivity contribution is 6.04. The molecule has 1 fully saturated rings. The molecule has 0 aliphatic heterocycles. The first-order valence-electron chi connectivity index (χ1n) is 12.7. The number of nitrogens with two attached hydrogens (primary N) is 1. The summed E-state index contributed by atoms with van der Waals surface area (Å²) >= 11 is 0. The summed E-state index contributed by atoms with van der Waals surface area (Å²) in [4.78, 5) is 31.4. The minimum atomic E-state index is -0.389. The Hall–Kier alpha value is -4.53. The molecule has 4 N–H and O–H groups in total. The van der Waals surface area contributed by atoms with E-state index < -0.39 is 0 Å². The second-order valence-corrected chi connectivity index (χ2v) is 9.46. The SMILES string of the molecule is COc1ccc(NC(=O)c2nc(N[C@H]3CCCC[C@H]3N=C(N)c3cccnc3)c3cc(C)ccc3n2)cc1. The summed E-state index contributed by atoms with van der Waals surface area (Å²) in [5.74, 6) is 1.50. The first-order chi connectivity index (χ1) is 18.5. The standard InChI is InChI=1S/C29H31N7O2/c1-18-9-14-23-22(16-18)27(36-28(34-23)29(37)32-20-10-12-21(38-2)13-11-20)35-25-8-4-3-7-24(25)33-26(30)19-6-5-15-31-17-19/h5-6,9-17,24-25H,3-4,7-8H2,1-2H3,(H2,30,33)(H,32,37)(H,34,35,36)/t24-,25+/m1/s1. The van der Waals surface area contributed by atoms with Crippen LogP contribution in [0, 0.1) is 6.92 Å². The summed E-state index contributed by atoms with van der Waals surface area (Å²) in [5, 5.41) is 7.34. The van der Waals surface area contributed by atoms with Crippen LogP contribution in [0.3, 0.4) is 0 Å². The third-order valence-corrected chi connectivity index (χ3v) is 6.72. The average molecular weight is 510 g/mol. The van der Waals surface area contributed by atoms with E-state index in [1.165, 1.54) is 0 Å². The highest BCUT2D eigenvalue weighted by Gasteiger charge is 2.27. The van der Waals surface area contributed by atoms with Crippen LogP contribution in [0.15, 0.2) is 72.0 Å². The zero-order chi connectivity index (χ0) is 26.5. The molecular weight excluding hydrogens is 478 g/mol. The third kappa shape index (κ3) is 5.72. The van der Waals surface area contributed by atoms with Crippen LogP contribution >= 0.6 is 0 Å². The number of fused-ring (bicyclic) bond motifs is 1. The number of carbonyl (C=O) groups excluding carboxylic acids is 1. The highest BCUT2D eigenvalue weighted by Crippen LogP contribution is 2.28. The quantitative estimate of drug-likeness (QED) is 0.243. The Kier molecular flexibility index (Phi) is 7.44. The van der Waals surface area contributed by atoms with Crippen molar-refractivity contribution in [1.82, 2.24) is 15.0 Å². The molecule has 2 atom stereocenters. The average Bonchev–Trinajstić information content (AvgIpc) is 2.95. The molecule has 4 aromatic rings. The maximum Gasteiger partial charge on any atom is 0.293 e. The van der Waals surface area contributed by atoms with E-state index >= 15 is 0 Å². The molecule has 0 unspecified atom stereocenters. The van der Waals surface area contributed by atoms with E-state index in [0.29, 0.717) is 28.6 Å². The second kappa shape index (κ2) is 11.2. The molecule has 2 heterocycles. The number of anilines is 2. The molecule has 2 aromatic carbocycles. The fraction of sp³-hybridized carbons (Fsp3) is 0.276. The van der Waals surface area contributed by atoms with Gasteiger partial charge in [0, 0.05) is 35.1 Å². The van der Waals surface area contributed by atoms with Gasteiger partial charge < -0.3 is 21.1 Å². The smallest absolute Gasteiger partial charge is 0.293 e. The maximum atomic E-state index is 13.2. The Morgan fingerprint density at radius 3 is 2.66 bits per heavy atom. The molecule has 38 heavy (non-hydrogen) atoms. The van der Waals surface area contributed by atoms with E-state index in [1.54, 1.807) is 43.8 Å². The fourth-order valence-corrected chi connectivity index (χ4v) is 4.69. The van der Waals surface area contributed by atoms with Gasteiger partial charge in [-0.25, -0.2) is 9.97 Å². The molecule has 1 amide bonds. The Morgan fingerprint density at radius 2 is 1.89 bits per heavy atom. The minimum Gasteiger partial charge on any atom is -0.497 e. The number of hydrogen-bond acceptors (Lipinski definition) is 7. The van der Waals surface area contributed by atoms with Crippen molar-refractivity contribution in [3.05, 3.63) is 83.9 Å². The molecule has 0 saturated heterocycles. The Morgan fingerprint density at radius 1 is 1.08 bits per heavy atom. The van der Waals surface area contributed by atoms with E-state index in [2.05, 4.69) is 25.6 Å². The van der Waals surface area contributed by atoms with Crippen LogP contribution in [-0.2, 0) is 0 Å². The Labute approximate surface area is 221 Å². The van der Waals surface area contributed by atoms with Crippen LogP contribution in [0.25, 0.3) is 10.9 Å². The van der Waals surface area contributed by atoms with Crippen LogP contribution in [0.1, 0.15) is 47.4 Å². The molecule has 9 heteroatoms. The van der Waals surface area contributed by atoms with Crippen molar-refractivity contribution in [2.75, 3.05) is 17.7 Å². The number of carbonyl (C=O) groups is 1. The molecule has 194 valence electrons. The largest absolute Gasteiger partial charge is 0.497 e. The predicted octanol–water partition coefficient (Wildman–Crippen LogP) is 4.72. The molecule has 0 radical (unpaired) electrons. The maximum absolute atomic E-state index is 13.2. The van der Waals surface area contributed by atoms with Crippen molar-refractivity contribution in [3.8, 4) is 5.75 Å². The van der Waals surface area contributed by atoms with Gasteiger partial charge in [0.2, 0.25) is 5.82 Å². The van der Waals surface area contributed by atoms with Gasteiger partial charge in [0.1, 0.15) is 17.4 Å². The molecule has 2 aromatic heterocycles. The number of amidine groups is 1. The minimum absolute atomic E-state index is 0.00934. The van der Waals surface area contributed by atoms with Crippen molar-refractivity contribution in [3.63, 3.8) is 0 Å². The number of aromatic nitrogens is 3. The number of hydrogen-bond donors (Lipinski definition) is 3. The lowest BCUT2D eigenvalue weighted by Gasteiger charge is -2.30.